The fourth-order valence-electron chi connectivity index (χ4n) is 2.83. The molecule has 19 heavy (non-hydrogen) atoms. The van der Waals surface area contributed by atoms with Gasteiger partial charge in [-0.2, -0.15) is 0 Å². The Kier molecular flexibility index (Phi) is 4.10. The molecule has 1 aliphatic heterocycles. The van der Waals surface area contributed by atoms with Crippen molar-refractivity contribution in [1.29, 1.82) is 0 Å². The Morgan fingerprint density at radius 2 is 2.47 bits per heavy atom. The molecule has 0 radical (unpaired) electrons. The van der Waals surface area contributed by atoms with Crippen LogP contribution in [-0.4, -0.2) is 36.2 Å². The van der Waals surface area contributed by atoms with E-state index in [0.717, 1.165) is 35.8 Å². The summed E-state index contributed by atoms with van der Waals surface area (Å²) in [5.41, 5.74) is 1.26. The average molecular weight is 344 g/mol. The topological polar surface area (TPSA) is 29.8 Å². The maximum absolute atomic E-state index is 5.31. The van der Waals surface area contributed by atoms with Gasteiger partial charge < -0.3 is 9.64 Å². The number of fused-ring (bicyclic) bond motifs is 1. The molecule has 1 aliphatic rings. The number of alkyl halides is 1. The van der Waals surface area contributed by atoms with E-state index in [1.165, 1.54) is 18.5 Å². The van der Waals surface area contributed by atoms with Crippen LogP contribution in [0.15, 0.2) is 11.6 Å². The number of nitrogens with zero attached hydrogens (tertiary/aromatic N) is 3. The number of imidazole rings is 1. The monoisotopic (exact) mass is 343 g/mol. The van der Waals surface area contributed by atoms with Gasteiger partial charge in [0.15, 0.2) is 10.8 Å². The van der Waals surface area contributed by atoms with Crippen molar-refractivity contribution in [2.45, 2.75) is 18.2 Å². The van der Waals surface area contributed by atoms with Crippen LogP contribution >= 0.6 is 27.3 Å². The van der Waals surface area contributed by atoms with Gasteiger partial charge in [0.05, 0.1) is 12.3 Å². The SMILES string of the molecule is COCC1CCCN(c2nc3sccn3c2CBr)C1. The molecule has 3 rings (SSSR count). The zero-order valence-corrected chi connectivity index (χ0v) is 13.4. The number of anilines is 1. The van der Waals surface area contributed by atoms with Crippen molar-refractivity contribution >= 4 is 38.0 Å². The zero-order chi connectivity index (χ0) is 13.2. The smallest absolute Gasteiger partial charge is 0.195 e. The van der Waals surface area contributed by atoms with Gasteiger partial charge in [-0.15, -0.1) is 11.3 Å². The molecule has 6 heteroatoms. The van der Waals surface area contributed by atoms with E-state index in [2.05, 4.69) is 36.8 Å². The molecule has 1 fully saturated rings. The minimum atomic E-state index is 0.627. The number of hydrogen-bond donors (Lipinski definition) is 0. The molecule has 0 bridgehead atoms. The van der Waals surface area contributed by atoms with E-state index in [1.807, 2.05) is 0 Å². The molecule has 4 nitrogen and oxygen atoms in total. The molecule has 0 aromatic carbocycles. The standard InChI is InChI=1S/C13H18BrN3OS/c1-18-9-10-3-2-4-16(8-10)12-11(7-14)17-5-6-19-13(17)15-12/h5-6,10H,2-4,7-9H2,1H3. The zero-order valence-electron chi connectivity index (χ0n) is 11.0. The van der Waals surface area contributed by atoms with Crippen LogP contribution in [0.3, 0.4) is 0 Å². The summed E-state index contributed by atoms with van der Waals surface area (Å²) in [6.07, 6.45) is 4.58. The largest absolute Gasteiger partial charge is 0.384 e. The van der Waals surface area contributed by atoms with Crippen LogP contribution in [0.25, 0.3) is 4.96 Å². The molecular weight excluding hydrogens is 326 g/mol. The number of methoxy groups -OCH3 is 1. The van der Waals surface area contributed by atoms with Crippen molar-refractivity contribution in [2.75, 3.05) is 31.7 Å². The van der Waals surface area contributed by atoms with Crippen LogP contribution in [0.4, 0.5) is 5.82 Å². The lowest BCUT2D eigenvalue weighted by atomic mass is 9.99. The summed E-state index contributed by atoms with van der Waals surface area (Å²) in [5, 5.41) is 2.92. The number of hydrogen-bond acceptors (Lipinski definition) is 4. The molecule has 0 N–H and O–H groups in total. The summed E-state index contributed by atoms with van der Waals surface area (Å²) in [6.45, 7) is 3.01. The maximum atomic E-state index is 5.31. The van der Waals surface area contributed by atoms with Gasteiger partial charge in [-0.3, -0.25) is 4.40 Å². The second-order valence-electron chi connectivity index (χ2n) is 4.98. The lowest BCUT2D eigenvalue weighted by Gasteiger charge is -2.33. The lowest BCUT2D eigenvalue weighted by molar-refractivity contribution is 0.143. The van der Waals surface area contributed by atoms with Crippen LogP contribution in [0.5, 0.6) is 0 Å². The second-order valence-corrected chi connectivity index (χ2v) is 6.41. The number of rotatable bonds is 4. The predicted octanol–water partition coefficient (Wildman–Crippen LogP) is 3.15. The number of ether oxygens (including phenoxy) is 1. The molecule has 0 aliphatic carbocycles. The normalized spacial score (nSPS) is 20.3. The van der Waals surface area contributed by atoms with Gasteiger partial charge >= 0.3 is 0 Å². The summed E-state index contributed by atoms with van der Waals surface area (Å²) in [7, 11) is 1.79. The fraction of sp³-hybridized carbons (Fsp3) is 0.615. The second kappa shape index (κ2) is 5.81. The van der Waals surface area contributed by atoms with Crippen molar-refractivity contribution < 1.29 is 4.74 Å². The highest BCUT2D eigenvalue weighted by atomic mass is 79.9. The van der Waals surface area contributed by atoms with E-state index >= 15 is 0 Å². The first-order valence-corrected chi connectivity index (χ1v) is 8.58. The Morgan fingerprint density at radius 3 is 3.26 bits per heavy atom. The first-order chi connectivity index (χ1) is 9.33. The highest BCUT2D eigenvalue weighted by Gasteiger charge is 2.24. The van der Waals surface area contributed by atoms with Gasteiger partial charge in [0.25, 0.3) is 0 Å². The van der Waals surface area contributed by atoms with E-state index < -0.39 is 0 Å². The quantitative estimate of drug-likeness (QED) is 0.798. The van der Waals surface area contributed by atoms with Crippen molar-refractivity contribution in [3.63, 3.8) is 0 Å². The number of aromatic nitrogens is 2. The Bertz CT molecular complexity index is 551. The number of thiazole rings is 1. The fourth-order valence-corrected chi connectivity index (χ4v) is 4.08. The van der Waals surface area contributed by atoms with E-state index in [0.29, 0.717) is 5.92 Å². The van der Waals surface area contributed by atoms with Gasteiger partial charge in [-0.1, -0.05) is 15.9 Å². The molecule has 1 unspecified atom stereocenters. The highest BCUT2D eigenvalue weighted by molar-refractivity contribution is 9.08. The summed E-state index contributed by atoms with van der Waals surface area (Å²) < 4.78 is 7.50. The molecule has 0 saturated carbocycles. The van der Waals surface area contributed by atoms with Gasteiger partial charge in [-0.05, 0) is 18.8 Å². The first kappa shape index (κ1) is 13.4. The van der Waals surface area contributed by atoms with Crippen LogP contribution in [0.2, 0.25) is 0 Å². The number of halogens is 1. The van der Waals surface area contributed by atoms with E-state index in [4.69, 9.17) is 9.72 Å². The van der Waals surface area contributed by atoms with E-state index in [1.54, 1.807) is 18.4 Å². The van der Waals surface area contributed by atoms with Crippen molar-refractivity contribution in [3.05, 3.63) is 17.3 Å². The van der Waals surface area contributed by atoms with Crippen molar-refractivity contribution in [3.8, 4) is 0 Å². The van der Waals surface area contributed by atoms with Crippen LogP contribution < -0.4 is 4.90 Å². The molecule has 104 valence electrons. The minimum Gasteiger partial charge on any atom is -0.384 e. The van der Waals surface area contributed by atoms with Gasteiger partial charge in [0, 0.05) is 37.1 Å². The third kappa shape index (κ3) is 2.53. The van der Waals surface area contributed by atoms with Crippen LogP contribution in [-0.2, 0) is 10.1 Å². The highest BCUT2D eigenvalue weighted by Crippen LogP contribution is 2.29. The molecule has 2 aromatic rings. The van der Waals surface area contributed by atoms with Crippen LogP contribution in [0.1, 0.15) is 18.5 Å². The third-order valence-corrected chi connectivity index (χ3v) is 4.98. The Balaban J connectivity index is 1.88. The Labute approximate surface area is 125 Å². The minimum absolute atomic E-state index is 0.627. The van der Waals surface area contributed by atoms with E-state index in [9.17, 15) is 0 Å². The molecule has 0 spiro atoms. The lowest BCUT2D eigenvalue weighted by Crippen LogP contribution is -2.37. The Hall–Kier alpha value is -0.590. The summed E-state index contributed by atoms with van der Waals surface area (Å²) >= 11 is 5.29. The van der Waals surface area contributed by atoms with E-state index in [-0.39, 0.29) is 0 Å². The summed E-state index contributed by atoms with van der Waals surface area (Å²) in [4.78, 5) is 8.30. The van der Waals surface area contributed by atoms with Gasteiger partial charge in [-0.25, -0.2) is 4.98 Å². The number of piperidine rings is 1. The molecule has 1 saturated heterocycles. The third-order valence-electron chi connectivity index (χ3n) is 3.69. The molecule has 3 heterocycles. The molecule has 1 atom stereocenters. The first-order valence-electron chi connectivity index (χ1n) is 6.57. The maximum Gasteiger partial charge on any atom is 0.195 e. The predicted molar refractivity (Wildman–Crippen MR) is 82.5 cm³/mol. The van der Waals surface area contributed by atoms with Gasteiger partial charge in [0.2, 0.25) is 0 Å². The molecular formula is C13H18BrN3OS. The van der Waals surface area contributed by atoms with Crippen molar-refractivity contribution in [1.82, 2.24) is 9.38 Å². The van der Waals surface area contributed by atoms with Gasteiger partial charge in [0.1, 0.15) is 0 Å². The van der Waals surface area contributed by atoms with Crippen LogP contribution in [0, 0.1) is 5.92 Å². The molecule has 0 amide bonds. The molecule has 2 aromatic heterocycles. The average Bonchev–Trinajstić information content (AvgIpc) is 2.99. The summed E-state index contributed by atoms with van der Waals surface area (Å²) in [5.74, 6) is 1.77. The Morgan fingerprint density at radius 1 is 1.58 bits per heavy atom. The van der Waals surface area contributed by atoms with Crippen molar-refractivity contribution in [2.24, 2.45) is 5.92 Å². The summed E-state index contributed by atoms with van der Waals surface area (Å²) in [6, 6.07) is 0.